The number of carbonyl (C=O) groups is 1. The molecule has 1 saturated heterocycles. The number of aryl methyl sites for hydroxylation is 2. The number of amides is 2. The van der Waals surface area contributed by atoms with E-state index in [1.165, 1.54) is 5.56 Å². The van der Waals surface area contributed by atoms with E-state index in [2.05, 4.69) is 20.8 Å². The zero-order valence-corrected chi connectivity index (χ0v) is 12.2. The van der Waals surface area contributed by atoms with Gasteiger partial charge in [-0.05, 0) is 45.1 Å². The quantitative estimate of drug-likeness (QED) is 0.691. The summed E-state index contributed by atoms with van der Waals surface area (Å²) in [4.78, 5) is 11.7. The predicted octanol–water partition coefficient (Wildman–Crippen LogP) is 1.52. The van der Waals surface area contributed by atoms with Gasteiger partial charge in [-0.3, -0.25) is 5.10 Å². The number of nitrogens with one attached hydrogen (secondary N) is 3. The number of ether oxygens (including phenoxy) is 1. The smallest absolute Gasteiger partial charge is 0.315 e. The molecule has 1 aromatic heterocycles. The minimum Gasteiger partial charge on any atom is -0.376 e. The summed E-state index contributed by atoms with van der Waals surface area (Å²) in [6.45, 7) is 5.47. The van der Waals surface area contributed by atoms with Crippen LogP contribution in [0, 0.1) is 6.92 Å². The van der Waals surface area contributed by atoms with Crippen molar-refractivity contribution in [3.8, 4) is 0 Å². The van der Waals surface area contributed by atoms with Crippen LogP contribution >= 0.6 is 0 Å². The molecule has 0 unspecified atom stereocenters. The summed E-state index contributed by atoms with van der Waals surface area (Å²) in [7, 11) is 0. The first-order valence-electron chi connectivity index (χ1n) is 7.31. The van der Waals surface area contributed by atoms with Crippen LogP contribution < -0.4 is 10.6 Å². The van der Waals surface area contributed by atoms with Gasteiger partial charge in [0.2, 0.25) is 0 Å². The summed E-state index contributed by atoms with van der Waals surface area (Å²) in [5, 5.41) is 12.7. The molecule has 1 aliphatic heterocycles. The first-order chi connectivity index (χ1) is 9.66. The Morgan fingerprint density at radius 2 is 2.50 bits per heavy atom. The molecular formula is C14H24N4O2. The zero-order chi connectivity index (χ0) is 14.4. The molecule has 2 amide bonds. The van der Waals surface area contributed by atoms with Crippen LogP contribution in [0.4, 0.5) is 4.79 Å². The number of aromatic nitrogens is 2. The Morgan fingerprint density at radius 1 is 1.65 bits per heavy atom. The van der Waals surface area contributed by atoms with E-state index < -0.39 is 0 Å². The lowest BCUT2D eigenvalue weighted by Crippen LogP contribution is -2.46. The molecule has 1 aromatic rings. The number of carbonyl (C=O) groups excluding carboxylic acids is 1. The maximum absolute atomic E-state index is 11.7. The Kier molecular flexibility index (Phi) is 5.40. The standard InChI is InChI=1S/C14H24N4O2/c1-10-12(9-16-18-10)5-3-7-15-14(19)17-11(2)13-6-4-8-20-13/h9,11,13H,3-8H2,1-2H3,(H,16,18)(H2,15,17,19)/t11-,13-/m1/s1. The van der Waals surface area contributed by atoms with E-state index in [9.17, 15) is 4.79 Å². The number of H-pyrrole nitrogens is 1. The molecule has 3 N–H and O–H groups in total. The zero-order valence-electron chi connectivity index (χ0n) is 12.2. The van der Waals surface area contributed by atoms with Crippen LogP contribution in [0.15, 0.2) is 6.20 Å². The average molecular weight is 280 g/mol. The molecule has 1 aliphatic rings. The van der Waals surface area contributed by atoms with Crippen molar-refractivity contribution >= 4 is 6.03 Å². The van der Waals surface area contributed by atoms with Crippen molar-refractivity contribution in [2.75, 3.05) is 13.2 Å². The Morgan fingerprint density at radius 3 is 3.15 bits per heavy atom. The van der Waals surface area contributed by atoms with Crippen molar-refractivity contribution in [2.24, 2.45) is 0 Å². The number of rotatable bonds is 6. The van der Waals surface area contributed by atoms with Crippen LogP contribution in [0.5, 0.6) is 0 Å². The second-order valence-corrected chi connectivity index (χ2v) is 5.36. The fourth-order valence-electron chi connectivity index (χ4n) is 2.46. The van der Waals surface area contributed by atoms with Crippen LogP contribution in [0.25, 0.3) is 0 Å². The first kappa shape index (κ1) is 14.8. The highest BCUT2D eigenvalue weighted by atomic mass is 16.5. The molecule has 0 radical (unpaired) electrons. The van der Waals surface area contributed by atoms with Gasteiger partial charge in [0, 0.05) is 18.8 Å². The molecule has 2 heterocycles. The SMILES string of the molecule is Cc1[nH]ncc1CCCNC(=O)N[C@H](C)[C@H]1CCCO1. The van der Waals surface area contributed by atoms with Gasteiger partial charge in [0.25, 0.3) is 0 Å². The van der Waals surface area contributed by atoms with Gasteiger partial charge in [0.1, 0.15) is 0 Å². The third-order valence-electron chi connectivity index (χ3n) is 3.72. The van der Waals surface area contributed by atoms with Gasteiger partial charge >= 0.3 is 6.03 Å². The fraction of sp³-hybridized carbons (Fsp3) is 0.714. The molecule has 112 valence electrons. The fourth-order valence-corrected chi connectivity index (χ4v) is 2.46. The van der Waals surface area contributed by atoms with Crippen molar-refractivity contribution in [1.82, 2.24) is 20.8 Å². The van der Waals surface area contributed by atoms with E-state index in [-0.39, 0.29) is 18.2 Å². The minimum absolute atomic E-state index is 0.0635. The molecule has 0 saturated carbocycles. The minimum atomic E-state index is -0.114. The number of hydrogen-bond acceptors (Lipinski definition) is 3. The van der Waals surface area contributed by atoms with Gasteiger partial charge in [-0.2, -0.15) is 5.10 Å². The van der Waals surface area contributed by atoms with E-state index in [4.69, 9.17) is 4.74 Å². The van der Waals surface area contributed by atoms with E-state index in [1.807, 2.05) is 20.0 Å². The largest absolute Gasteiger partial charge is 0.376 e. The van der Waals surface area contributed by atoms with E-state index >= 15 is 0 Å². The van der Waals surface area contributed by atoms with Crippen LogP contribution in [-0.2, 0) is 11.2 Å². The molecular weight excluding hydrogens is 256 g/mol. The Balaban J connectivity index is 1.59. The summed E-state index contributed by atoms with van der Waals surface area (Å²) in [6, 6.07) is -0.0504. The second kappa shape index (κ2) is 7.28. The molecule has 0 aliphatic carbocycles. The lowest BCUT2D eigenvalue weighted by atomic mass is 10.1. The third kappa shape index (κ3) is 4.23. The monoisotopic (exact) mass is 280 g/mol. The Hall–Kier alpha value is -1.56. The van der Waals surface area contributed by atoms with Crippen molar-refractivity contribution < 1.29 is 9.53 Å². The van der Waals surface area contributed by atoms with Gasteiger partial charge in [-0.15, -0.1) is 0 Å². The third-order valence-corrected chi connectivity index (χ3v) is 3.72. The molecule has 2 atom stereocenters. The molecule has 0 bridgehead atoms. The van der Waals surface area contributed by atoms with Gasteiger partial charge in [0.05, 0.1) is 18.3 Å². The second-order valence-electron chi connectivity index (χ2n) is 5.36. The molecule has 20 heavy (non-hydrogen) atoms. The molecule has 1 fully saturated rings. The summed E-state index contributed by atoms with van der Waals surface area (Å²) in [5.41, 5.74) is 2.31. The number of aromatic amines is 1. The Bertz CT molecular complexity index is 427. The Labute approximate surface area is 119 Å². The lowest BCUT2D eigenvalue weighted by molar-refractivity contribution is 0.0860. The van der Waals surface area contributed by atoms with Crippen molar-refractivity contribution in [1.29, 1.82) is 0 Å². The van der Waals surface area contributed by atoms with E-state index in [0.29, 0.717) is 6.54 Å². The van der Waals surface area contributed by atoms with Crippen molar-refractivity contribution in [3.63, 3.8) is 0 Å². The van der Waals surface area contributed by atoms with Gasteiger partial charge in [-0.1, -0.05) is 0 Å². The van der Waals surface area contributed by atoms with Crippen molar-refractivity contribution in [3.05, 3.63) is 17.5 Å². The first-order valence-corrected chi connectivity index (χ1v) is 7.31. The lowest BCUT2D eigenvalue weighted by Gasteiger charge is -2.20. The van der Waals surface area contributed by atoms with Gasteiger partial charge in [-0.25, -0.2) is 4.79 Å². The maximum Gasteiger partial charge on any atom is 0.315 e. The van der Waals surface area contributed by atoms with Gasteiger partial charge in [0.15, 0.2) is 0 Å². The van der Waals surface area contributed by atoms with Crippen LogP contribution in [0.2, 0.25) is 0 Å². The van der Waals surface area contributed by atoms with Gasteiger partial charge < -0.3 is 15.4 Å². The van der Waals surface area contributed by atoms with Crippen LogP contribution in [0.3, 0.4) is 0 Å². The molecule has 0 aromatic carbocycles. The topological polar surface area (TPSA) is 79.0 Å². The number of urea groups is 1. The molecule has 2 rings (SSSR count). The van der Waals surface area contributed by atoms with Crippen LogP contribution in [-0.4, -0.2) is 41.5 Å². The highest BCUT2D eigenvalue weighted by molar-refractivity contribution is 5.74. The van der Waals surface area contributed by atoms with Crippen LogP contribution in [0.1, 0.15) is 37.4 Å². The molecule has 6 nitrogen and oxygen atoms in total. The summed E-state index contributed by atoms with van der Waals surface area (Å²) in [5.74, 6) is 0. The molecule has 0 spiro atoms. The average Bonchev–Trinajstić information content (AvgIpc) is 3.06. The van der Waals surface area contributed by atoms with E-state index in [1.54, 1.807) is 0 Å². The summed E-state index contributed by atoms with van der Waals surface area (Å²) < 4.78 is 5.55. The van der Waals surface area contributed by atoms with Crippen molar-refractivity contribution in [2.45, 2.75) is 51.7 Å². The maximum atomic E-state index is 11.7. The number of nitrogens with zero attached hydrogens (tertiary/aromatic N) is 1. The summed E-state index contributed by atoms with van der Waals surface area (Å²) >= 11 is 0. The predicted molar refractivity (Wildman–Crippen MR) is 76.6 cm³/mol. The molecule has 6 heteroatoms. The normalized spacial score (nSPS) is 19.8. The highest BCUT2D eigenvalue weighted by Crippen LogP contribution is 2.15. The number of hydrogen-bond donors (Lipinski definition) is 3. The van der Waals surface area contributed by atoms with E-state index in [0.717, 1.165) is 38.0 Å². The summed E-state index contributed by atoms with van der Waals surface area (Å²) in [6.07, 6.45) is 5.94. The highest BCUT2D eigenvalue weighted by Gasteiger charge is 2.23.